The van der Waals surface area contributed by atoms with Crippen LogP contribution < -0.4 is 0 Å². The second-order valence-corrected chi connectivity index (χ2v) is 5.28. The number of phenolic OH excluding ortho intramolecular Hbond substituents is 2. The molecular weight excluding hydrogens is 341 g/mol. The fourth-order valence-electron chi connectivity index (χ4n) is 2.37. The molecule has 0 aliphatic heterocycles. The Morgan fingerprint density at radius 1 is 0.846 bits per heavy atom. The first-order chi connectivity index (χ1) is 12.5. The zero-order valence-electron chi connectivity index (χ0n) is 13.2. The van der Waals surface area contributed by atoms with Crippen molar-refractivity contribution in [1.29, 1.82) is 0 Å². The van der Waals surface area contributed by atoms with Crippen molar-refractivity contribution in [2.45, 2.75) is 0 Å². The molecule has 0 bridgehead atoms. The summed E-state index contributed by atoms with van der Waals surface area (Å²) in [4.78, 5) is 10.5. The van der Waals surface area contributed by atoms with Gasteiger partial charge in [0.05, 0.1) is 10.6 Å². The Bertz CT molecular complexity index is 1020. The maximum atomic E-state index is 13.7. The molecule has 3 rings (SSSR count). The van der Waals surface area contributed by atoms with E-state index in [9.17, 15) is 24.7 Å². The molecule has 0 aliphatic carbocycles. The summed E-state index contributed by atoms with van der Waals surface area (Å²) in [6, 6.07) is 14.2. The van der Waals surface area contributed by atoms with Crippen LogP contribution in [-0.2, 0) is 0 Å². The highest BCUT2D eigenvalue weighted by atomic mass is 19.1. The lowest BCUT2D eigenvalue weighted by Gasteiger charge is -2.08. The van der Waals surface area contributed by atoms with Gasteiger partial charge in [-0.1, -0.05) is 30.3 Å². The van der Waals surface area contributed by atoms with Crippen molar-refractivity contribution in [3.05, 3.63) is 76.6 Å². The number of nitro groups is 1. The molecule has 0 atom stereocenters. The number of azo groups is 1. The SMILES string of the molecule is O=[N+]([O-])c1ccccc1N=Nc1ccccc1-c1cc(F)c(O)cc1O. The molecule has 3 aromatic rings. The number of halogens is 1. The highest BCUT2D eigenvalue weighted by Gasteiger charge is 2.15. The maximum absolute atomic E-state index is 13.7. The molecule has 0 spiro atoms. The van der Waals surface area contributed by atoms with Crippen LogP contribution in [0.15, 0.2) is 70.9 Å². The minimum absolute atomic E-state index is 0.0633. The van der Waals surface area contributed by atoms with E-state index in [0.717, 1.165) is 12.1 Å². The summed E-state index contributed by atoms with van der Waals surface area (Å²) in [6.45, 7) is 0. The third-order valence-electron chi connectivity index (χ3n) is 3.60. The zero-order chi connectivity index (χ0) is 18.7. The van der Waals surface area contributed by atoms with E-state index in [4.69, 9.17) is 0 Å². The van der Waals surface area contributed by atoms with Crippen LogP contribution in [0.4, 0.5) is 21.5 Å². The average Bonchev–Trinajstić information content (AvgIpc) is 2.63. The molecule has 3 aromatic carbocycles. The Hall–Kier alpha value is -3.81. The Kier molecular flexibility index (Phi) is 4.57. The summed E-state index contributed by atoms with van der Waals surface area (Å²) in [5, 5.41) is 38.3. The normalized spacial score (nSPS) is 11.0. The van der Waals surface area contributed by atoms with Crippen LogP contribution in [0.5, 0.6) is 11.5 Å². The molecular formula is C18H12FN3O4. The topological polar surface area (TPSA) is 108 Å². The monoisotopic (exact) mass is 353 g/mol. The molecule has 7 nitrogen and oxygen atoms in total. The van der Waals surface area contributed by atoms with Gasteiger partial charge in [-0.2, -0.15) is 0 Å². The van der Waals surface area contributed by atoms with Crippen molar-refractivity contribution in [3.63, 3.8) is 0 Å². The molecule has 0 saturated carbocycles. The second-order valence-electron chi connectivity index (χ2n) is 5.28. The van der Waals surface area contributed by atoms with Crippen molar-refractivity contribution in [2.75, 3.05) is 0 Å². The summed E-state index contributed by atoms with van der Waals surface area (Å²) in [5.41, 5.74) is 0.593. The molecule has 0 amide bonds. The Balaban J connectivity index is 2.07. The number of rotatable bonds is 4. The zero-order valence-corrected chi connectivity index (χ0v) is 13.2. The smallest absolute Gasteiger partial charge is 0.296 e. The number of para-hydroxylation sites is 1. The molecule has 0 heterocycles. The van der Waals surface area contributed by atoms with Gasteiger partial charge in [0.25, 0.3) is 5.69 Å². The molecule has 2 N–H and O–H groups in total. The molecule has 0 unspecified atom stereocenters. The van der Waals surface area contributed by atoms with Gasteiger partial charge in [0.1, 0.15) is 5.75 Å². The largest absolute Gasteiger partial charge is 0.507 e. The van der Waals surface area contributed by atoms with Gasteiger partial charge in [0, 0.05) is 23.3 Å². The summed E-state index contributed by atoms with van der Waals surface area (Å²) >= 11 is 0. The van der Waals surface area contributed by atoms with Gasteiger partial charge in [0.15, 0.2) is 17.3 Å². The number of nitro benzene ring substituents is 1. The number of hydrogen-bond donors (Lipinski definition) is 2. The van der Waals surface area contributed by atoms with E-state index in [-0.39, 0.29) is 28.4 Å². The Morgan fingerprint density at radius 3 is 2.19 bits per heavy atom. The van der Waals surface area contributed by atoms with Gasteiger partial charge in [0.2, 0.25) is 0 Å². The molecule has 0 radical (unpaired) electrons. The molecule has 0 aliphatic rings. The van der Waals surface area contributed by atoms with Crippen LogP contribution in [-0.4, -0.2) is 15.1 Å². The summed E-state index contributed by atoms with van der Waals surface area (Å²) in [7, 11) is 0. The van der Waals surface area contributed by atoms with Crippen molar-refractivity contribution in [1.82, 2.24) is 0 Å². The highest BCUT2D eigenvalue weighted by molar-refractivity contribution is 5.80. The quantitative estimate of drug-likeness (QED) is 0.380. The van der Waals surface area contributed by atoms with E-state index >= 15 is 0 Å². The Morgan fingerprint density at radius 2 is 1.46 bits per heavy atom. The number of nitrogens with zero attached hydrogens (tertiary/aromatic N) is 3. The molecule has 130 valence electrons. The predicted molar refractivity (Wildman–Crippen MR) is 92.4 cm³/mol. The standard InChI is InChI=1S/C18H12FN3O4/c19-13-9-12(17(23)10-18(13)24)11-5-1-2-6-14(11)20-21-15-7-3-4-8-16(15)22(25)26/h1-10,23-24H. The van der Waals surface area contributed by atoms with Crippen LogP contribution in [0.25, 0.3) is 11.1 Å². The van der Waals surface area contributed by atoms with Gasteiger partial charge in [-0.05, 0) is 18.2 Å². The van der Waals surface area contributed by atoms with Crippen molar-refractivity contribution >= 4 is 17.1 Å². The van der Waals surface area contributed by atoms with Gasteiger partial charge in [-0.3, -0.25) is 10.1 Å². The highest BCUT2D eigenvalue weighted by Crippen LogP contribution is 2.39. The third-order valence-corrected chi connectivity index (χ3v) is 3.60. The van der Waals surface area contributed by atoms with Crippen molar-refractivity contribution in [2.24, 2.45) is 10.2 Å². The number of phenols is 2. The second kappa shape index (κ2) is 6.98. The van der Waals surface area contributed by atoms with E-state index in [1.165, 1.54) is 18.2 Å². The van der Waals surface area contributed by atoms with E-state index < -0.39 is 16.5 Å². The van der Waals surface area contributed by atoms with E-state index in [1.54, 1.807) is 30.3 Å². The lowest BCUT2D eigenvalue weighted by molar-refractivity contribution is -0.384. The minimum Gasteiger partial charge on any atom is -0.507 e. The van der Waals surface area contributed by atoms with Crippen LogP contribution in [0, 0.1) is 15.9 Å². The average molecular weight is 353 g/mol. The number of aromatic hydroxyl groups is 2. The first kappa shape index (κ1) is 17.0. The molecule has 26 heavy (non-hydrogen) atoms. The predicted octanol–water partition coefficient (Wildman–Crippen LogP) is 5.23. The fraction of sp³-hybridized carbons (Fsp3) is 0. The van der Waals surface area contributed by atoms with Crippen molar-refractivity contribution < 1.29 is 19.5 Å². The summed E-state index contributed by atoms with van der Waals surface area (Å²) in [5.74, 6) is -1.91. The van der Waals surface area contributed by atoms with Crippen LogP contribution in [0.2, 0.25) is 0 Å². The van der Waals surface area contributed by atoms with E-state index in [1.807, 2.05) is 0 Å². The fourth-order valence-corrected chi connectivity index (χ4v) is 2.37. The van der Waals surface area contributed by atoms with Gasteiger partial charge < -0.3 is 10.2 Å². The third kappa shape index (κ3) is 3.34. The van der Waals surface area contributed by atoms with E-state index in [0.29, 0.717) is 5.56 Å². The first-order valence-corrected chi connectivity index (χ1v) is 7.43. The van der Waals surface area contributed by atoms with Gasteiger partial charge >= 0.3 is 0 Å². The first-order valence-electron chi connectivity index (χ1n) is 7.43. The van der Waals surface area contributed by atoms with Crippen LogP contribution in [0.1, 0.15) is 0 Å². The minimum atomic E-state index is -0.900. The molecule has 0 fully saturated rings. The summed E-state index contributed by atoms with van der Waals surface area (Å²) in [6.07, 6.45) is 0. The lowest BCUT2D eigenvalue weighted by atomic mass is 10.0. The van der Waals surface area contributed by atoms with Crippen LogP contribution in [0.3, 0.4) is 0 Å². The maximum Gasteiger partial charge on any atom is 0.296 e. The molecule has 0 saturated heterocycles. The number of benzene rings is 3. The van der Waals surface area contributed by atoms with E-state index in [2.05, 4.69) is 10.2 Å². The van der Waals surface area contributed by atoms with Crippen molar-refractivity contribution in [3.8, 4) is 22.6 Å². The summed E-state index contributed by atoms with van der Waals surface area (Å²) < 4.78 is 13.7. The Labute approximate surface area is 146 Å². The lowest BCUT2D eigenvalue weighted by Crippen LogP contribution is -1.87. The van der Waals surface area contributed by atoms with Gasteiger partial charge in [-0.25, -0.2) is 4.39 Å². The van der Waals surface area contributed by atoms with Gasteiger partial charge in [-0.15, -0.1) is 10.2 Å². The molecule has 8 heteroatoms. The van der Waals surface area contributed by atoms with Crippen LogP contribution >= 0.6 is 0 Å². The number of hydrogen-bond acceptors (Lipinski definition) is 6. The molecule has 0 aromatic heterocycles.